The Bertz CT molecular complexity index is 1150. The first-order valence-electron chi connectivity index (χ1n) is 8.98. The van der Waals surface area contributed by atoms with Gasteiger partial charge in [0, 0.05) is 13.0 Å². The molecule has 0 saturated carbocycles. The Morgan fingerprint density at radius 1 is 1.14 bits per heavy atom. The molecule has 0 atom stereocenters. The monoisotopic (exact) mass is 418 g/mol. The van der Waals surface area contributed by atoms with Gasteiger partial charge in [-0.15, -0.1) is 0 Å². The number of carbonyl (C=O) groups excluding carboxylic acids is 1. The molecule has 0 N–H and O–H groups in total. The predicted molar refractivity (Wildman–Crippen MR) is 110 cm³/mol. The Morgan fingerprint density at radius 2 is 1.89 bits per heavy atom. The summed E-state index contributed by atoms with van der Waals surface area (Å²) < 4.78 is 33.0. The first kappa shape index (κ1) is 20.3. The van der Waals surface area contributed by atoms with Crippen LogP contribution in [0.1, 0.15) is 19.8 Å². The lowest BCUT2D eigenvalue weighted by atomic mass is 10.3. The molecule has 8 heteroatoms. The van der Waals surface area contributed by atoms with Crippen LogP contribution in [0.15, 0.2) is 58.4 Å². The zero-order valence-electron chi connectivity index (χ0n) is 15.8. The highest BCUT2D eigenvalue weighted by Crippen LogP contribution is 2.27. The fraction of sp³-hybridized carbons (Fsp3) is 0.300. The molecule has 0 aliphatic rings. The normalized spacial score (nSPS) is 12.4. The number of benzene rings is 2. The first-order valence-corrected chi connectivity index (χ1v) is 11.4. The van der Waals surface area contributed by atoms with Crippen molar-refractivity contribution in [1.82, 2.24) is 4.57 Å². The van der Waals surface area contributed by atoms with Crippen molar-refractivity contribution in [2.24, 2.45) is 4.99 Å². The average molecular weight is 419 g/mol. The molecular formula is C20H22N2O4S2. The van der Waals surface area contributed by atoms with Crippen LogP contribution in [0.3, 0.4) is 0 Å². The summed E-state index contributed by atoms with van der Waals surface area (Å²) in [6.07, 6.45) is 0.320. The predicted octanol–water partition coefficient (Wildman–Crippen LogP) is 3.41. The highest BCUT2D eigenvalue weighted by molar-refractivity contribution is 7.91. The molecule has 0 saturated heterocycles. The number of sulfone groups is 1. The van der Waals surface area contributed by atoms with E-state index < -0.39 is 9.84 Å². The van der Waals surface area contributed by atoms with E-state index in [1.165, 1.54) is 11.3 Å². The number of hydrogen-bond donors (Lipinski definition) is 0. The summed E-state index contributed by atoms with van der Waals surface area (Å²) in [5.74, 6) is 0.334. The van der Waals surface area contributed by atoms with E-state index in [-0.39, 0.29) is 29.4 Å². The second-order valence-corrected chi connectivity index (χ2v) is 9.30. The molecule has 0 aliphatic carbocycles. The summed E-state index contributed by atoms with van der Waals surface area (Å²) in [6.45, 7) is 2.63. The number of methoxy groups -OCH3 is 1. The molecule has 0 unspecified atom stereocenters. The van der Waals surface area contributed by atoms with E-state index in [1.807, 2.05) is 29.7 Å². The van der Waals surface area contributed by atoms with Crippen LogP contribution in [0.2, 0.25) is 0 Å². The van der Waals surface area contributed by atoms with Gasteiger partial charge in [0.1, 0.15) is 11.3 Å². The maximum atomic E-state index is 12.3. The minimum Gasteiger partial charge on any atom is -0.495 e. The smallest absolute Gasteiger partial charge is 0.248 e. The lowest BCUT2D eigenvalue weighted by molar-refractivity contribution is -0.118. The molecule has 0 aliphatic heterocycles. The maximum Gasteiger partial charge on any atom is 0.248 e. The number of nitrogens with zero attached hydrogens (tertiary/aromatic N) is 2. The van der Waals surface area contributed by atoms with Crippen molar-refractivity contribution in [2.45, 2.75) is 31.2 Å². The van der Waals surface area contributed by atoms with Gasteiger partial charge in [-0.2, -0.15) is 4.99 Å². The zero-order chi connectivity index (χ0) is 20.1. The third kappa shape index (κ3) is 4.34. The van der Waals surface area contributed by atoms with Crippen LogP contribution in [0, 0.1) is 0 Å². The van der Waals surface area contributed by atoms with Crippen LogP contribution in [-0.4, -0.2) is 31.8 Å². The number of aryl methyl sites for hydroxylation is 1. The average Bonchev–Trinajstić information content (AvgIpc) is 3.05. The molecule has 3 rings (SSSR count). The summed E-state index contributed by atoms with van der Waals surface area (Å²) in [4.78, 5) is 17.4. The van der Waals surface area contributed by atoms with E-state index in [2.05, 4.69) is 4.99 Å². The molecule has 2 aromatic carbocycles. The van der Waals surface area contributed by atoms with Gasteiger partial charge < -0.3 is 9.30 Å². The minimum atomic E-state index is -3.38. The van der Waals surface area contributed by atoms with Crippen LogP contribution < -0.4 is 9.54 Å². The number of thiazole rings is 1. The third-order valence-electron chi connectivity index (χ3n) is 4.33. The summed E-state index contributed by atoms with van der Waals surface area (Å²) in [6, 6.07) is 14.0. The topological polar surface area (TPSA) is 77.7 Å². The Hall–Kier alpha value is -2.45. The SMILES string of the molecule is CCn1c(=NC(=O)CCCS(=O)(=O)c2ccccc2)sc2cccc(OC)c21. The van der Waals surface area contributed by atoms with Gasteiger partial charge in [-0.25, -0.2) is 8.42 Å². The van der Waals surface area contributed by atoms with Crippen molar-refractivity contribution in [3.63, 3.8) is 0 Å². The lowest BCUT2D eigenvalue weighted by Gasteiger charge is -2.05. The quantitative estimate of drug-likeness (QED) is 0.589. The summed E-state index contributed by atoms with van der Waals surface area (Å²) in [7, 11) is -1.77. The second-order valence-electron chi connectivity index (χ2n) is 6.18. The second kappa shape index (κ2) is 8.70. The Kier molecular flexibility index (Phi) is 6.31. The van der Waals surface area contributed by atoms with E-state index in [9.17, 15) is 13.2 Å². The molecule has 0 spiro atoms. The summed E-state index contributed by atoms with van der Waals surface area (Å²) in [5.41, 5.74) is 0.913. The molecule has 0 radical (unpaired) electrons. The largest absolute Gasteiger partial charge is 0.495 e. The van der Waals surface area contributed by atoms with Crippen LogP contribution in [0.25, 0.3) is 10.2 Å². The van der Waals surface area contributed by atoms with Crippen LogP contribution >= 0.6 is 11.3 Å². The third-order valence-corrected chi connectivity index (χ3v) is 7.19. The van der Waals surface area contributed by atoms with Gasteiger partial charge in [0.2, 0.25) is 5.91 Å². The number of amides is 1. The first-order chi connectivity index (χ1) is 13.5. The number of rotatable bonds is 7. The van der Waals surface area contributed by atoms with Crippen molar-refractivity contribution in [3.8, 4) is 5.75 Å². The van der Waals surface area contributed by atoms with Gasteiger partial charge in [0.15, 0.2) is 14.6 Å². The van der Waals surface area contributed by atoms with E-state index in [0.29, 0.717) is 11.3 Å². The van der Waals surface area contributed by atoms with E-state index >= 15 is 0 Å². The van der Waals surface area contributed by atoms with Crippen LogP contribution in [-0.2, 0) is 21.2 Å². The summed E-state index contributed by atoms with van der Waals surface area (Å²) in [5, 5.41) is 0. The van der Waals surface area contributed by atoms with Gasteiger partial charge in [-0.05, 0) is 37.6 Å². The van der Waals surface area contributed by atoms with Gasteiger partial charge in [0.25, 0.3) is 0 Å². The fourth-order valence-corrected chi connectivity index (χ4v) is 5.42. The summed E-state index contributed by atoms with van der Waals surface area (Å²) >= 11 is 1.42. The van der Waals surface area contributed by atoms with Crippen molar-refractivity contribution in [1.29, 1.82) is 0 Å². The molecular weight excluding hydrogens is 396 g/mol. The van der Waals surface area contributed by atoms with Gasteiger partial charge in [-0.1, -0.05) is 35.6 Å². The molecule has 1 amide bonds. The molecule has 1 aromatic heterocycles. The zero-order valence-corrected chi connectivity index (χ0v) is 17.4. The van der Waals surface area contributed by atoms with Crippen molar-refractivity contribution in [3.05, 3.63) is 53.3 Å². The van der Waals surface area contributed by atoms with Crippen molar-refractivity contribution >= 4 is 37.3 Å². The van der Waals surface area contributed by atoms with E-state index in [0.717, 1.165) is 16.0 Å². The number of aromatic nitrogens is 1. The molecule has 6 nitrogen and oxygen atoms in total. The number of ether oxygens (including phenoxy) is 1. The molecule has 28 heavy (non-hydrogen) atoms. The van der Waals surface area contributed by atoms with Crippen LogP contribution in [0.5, 0.6) is 5.75 Å². The molecule has 0 fully saturated rings. The van der Waals surface area contributed by atoms with Crippen molar-refractivity contribution in [2.75, 3.05) is 12.9 Å². The van der Waals surface area contributed by atoms with E-state index in [4.69, 9.17) is 4.74 Å². The highest BCUT2D eigenvalue weighted by atomic mass is 32.2. The fourth-order valence-electron chi connectivity index (χ4n) is 2.96. The Morgan fingerprint density at radius 3 is 2.57 bits per heavy atom. The van der Waals surface area contributed by atoms with E-state index in [1.54, 1.807) is 37.4 Å². The number of carbonyl (C=O) groups is 1. The van der Waals surface area contributed by atoms with Crippen molar-refractivity contribution < 1.29 is 17.9 Å². The lowest BCUT2D eigenvalue weighted by Crippen LogP contribution is -2.16. The molecule has 0 bridgehead atoms. The standard InChI is InChI=1S/C20H22N2O4S2/c1-3-22-19-16(26-2)11-7-12-17(19)27-20(22)21-18(23)13-8-14-28(24,25)15-9-5-4-6-10-15/h4-7,9-12H,3,8,13-14H2,1-2H3. The number of para-hydroxylation sites is 1. The number of hydrogen-bond acceptors (Lipinski definition) is 5. The van der Waals surface area contributed by atoms with Gasteiger partial charge >= 0.3 is 0 Å². The molecule has 148 valence electrons. The highest BCUT2D eigenvalue weighted by Gasteiger charge is 2.15. The van der Waals surface area contributed by atoms with Gasteiger partial charge in [0.05, 0.1) is 22.5 Å². The molecule has 1 heterocycles. The Labute approximate surface area is 168 Å². The Balaban J connectivity index is 1.76. The molecule has 3 aromatic rings. The van der Waals surface area contributed by atoms with Gasteiger partial charge in [-0.3, -0.25) is 4.79 Å². The van der Waals surface area contributed by atoms with Crippen LogP contribution in [0.4, 0.5) is 0 Å². The maximum absolute atomic E-state index is 12.3. The number of fused-ring (bicyclic) bond motifs is 1. The minimum absolute atomic E-state index is 0.0771.